The standard InChI is InChI=1S/C9H14O/c1-9(6-10)5-7-2-3-8(9)4-7/h6-8H,2-5H2,1H3/t7-,8+,9+/m0/s1. The van der Waals surface area contributed by atoms with Crippen LogP contribution in [0.15, 0.2) is 0 Å². The van der Waals surface area contributed by atoms with Crippen LogP contribution in [0.5, 0.6) is 0 Å². The summed E-state index contributed by atoms with van der Waals surface area (Å²) in [5.41, 5.74) is 0.0723. The van der Waals surface area contributed by atoms with E-state index in [1.807, 2.05) is 0 Å². The average Bonchev–Trinajstić information content (AvgIpc) is 2.46. The molecule has 0 unspecified atom stereocenters. The molecule has 0 spiro atoms. The van der Waals surface area contributed by atoms with Gasteiger partial charge in [-0.2, -0.15) is 0 Å². The minimum Gasteiger partial charge on any atom is -0.303 e. The smallest absolute Gasteiger partial charge is 0.126 e. The number of carbonyl (C=O) groups excluding carboxylic acids is 1. The summed E-state index contributed by atoms with van der Waals surface area (Å²) >= 11 is 0. The van der Waals surface area contributed by atoms with Crippen molar-refractivity contribution in [1.82, 2.24) is 0 Å². The lowest BCUT2D eigenvalue weighted by atomic mass is 9.76. The highest BCUT2D eigenvalue weighted by Gasteiger charge is 2.47. The van der Waals surface area contributed by atoms with Crippen molar-refractivity contribution in [1.29, 1.82) is 0 Å². The molecule has 1 nitrogen and oxygen atoms in total. The first-order chi connectivity index (χ1) is 4.74. The van der Waals surface area contributed by atoms with Crippen LogP contribution in [-0.4, -0.2) is 6.29 Å². The van der Waals surface area contributed by atoms with E-state index in [1.165, 1.54) is 32.0 Å². The summed E-state index contributed by atoms with van der Waals surface area (Å²) in [7, 11) is 0. The third-order valence-corrected chi connectivity index (χ3v) is 3.47. The molecule has 10 heavy (non-hydrogen) atoms. The molecule has 0 aromatic carbocycles. The van der Waals surface area contributed by atoms with Gasteiger partial charge in [0.1, 0.15) is 6.29 Å². The fourth-order valence-electron chi connectivity index (χ4n) is 2.79. The lowest BCUT2D eigenvalue weighted by molar-refractivity contribution is -0.117. The summed E-state index contributed by atoms with van der Waals surface area (Å²) < 4.78 is 0. The van der Waals surface area contributed by atoms with E-state index in [2.05, 4.69) is 6.92 Å². The van der Waals surface area contributed by atoms with Gasteiger partial charge >= 0.3 is 0 Å². The third-order valence-electron chi connectivity index (χ3n) is 3.47. The van der Waals surface area contributed by atoms with Crippen molar-refractivity contribution in [2.45, 2.75) is 32.6 Å². The van der Waals surface area contributed by atoms with Crippen LogP contribution < -0.4 is 0 Å². The van der Waals surface area contributed by atoms with Gasteiger partial charge in [-0.3, -0.25) is 0 Å². The minimum absolute atomic E-state index is 0.0723. The lowest BCUT2D eigenvalue weighted by Gasteiger charge is -2.27. The molecule has 56 valence electrons. The van der Waals surface area contributed by atoms with Crippen LogP contribution in [0.3, 0.4) is 0 Å². The van der Waals surface area contributed by atoms with Gasteiger partial charge in [0.2, 0.25) is 0 Å². The molecule has 2 aliphatic carbocycles. The van der Waals surface area contributed by atoms with Crippen molar-refractivity contribution in [3.05, 3.63) is 0 Å². The molecule has 2 saturated carbocycles. The number of carbonyl (C=O) groups is 1. The van der Waals surface area contributed by atoms with E-state index < -0.39 is 0 Å². The second-order valence-electron chi connectivity index (χ2n) is 4.20. The zero-order valence-electron chi connectivity index (χ0n) is 6.47. The summed E-state index contributed by atoms with van der Waals surface area (Å²) in [4.78, 5) is 10.7. The highest BCUT2D eigenvalue weighted by Crippen LogP contribution is 2.54. The molecule has 1 heteroatoms. The Kier molecular flexibility index (Phi) is 1.17. The van der Waals surface area contributed by atoms with Crippen molar-refractivity contribution in [3.8, 4) is 0 Å². The normalized spacial score (nSPS) is 51.7. The zero-order valence-corrected chi connectivity index (χ0v) is 6.47. The van der Waals surface area contributed by atoms with E-state index in [9.17, 15) is 4.79 Å². The molecule has 3 atom stereocenters. The largest absolute Gasteiger partial charge is 0.303 e. The maximum absolute atomic E-state index is 10.7. The van der Waals surface area contributed by atoms with Crippen molar-refractivity contribution in [2.24, 2.45) is 17.3 Å². The first kappa shape index (κ1) is 6.38. The van der Waals surface area contributed by atoms with Gasteiger partial charge in [-0.25, -0.2) is 0 Å². The first-order valence-electron chi connectivity index (χ1n) is 4.21. The topological polar surface area (TPSA) is 17.1 Å². The molecule has 2 aliphatic rings. The molecule has 0 N–H and O–H groups in total. The van der Waals surface area contributed by atoms with Gasteiger partial charge < -0.3 is 4.79 Å². The number of hydrogen-bond donors (Lipinski definition) is 0. The van der Waals surface area contributed by atoms with E-state index in [-0.39, 0.29) is 5.41 Å². The fraction of sp³-hybridized carbons (Fsp3) is 0.889. The van der Waals surface area contributed by atoms with Gasteiger partial charge in [0, 0.05) is 5.41 Å². The molecule has 0 heterocycles. The summed E-state index contributed by atoms with van der Waals surface area (Å²) in [5.74, 6) is 1.62. The quantitative estimate of drug-likeness (QED) is 0.506. The summed E-state index contributed by atoms with van der Waals surface area (Å²) in [5, 5.41) is 0. The molecular formula is C9H14O. The second-order valence-corrected chi connectivity index (χ2v) is 4.20. The molecule has 2 bridgehead atoms. The van der Waals surface area contributed by atoms with Gasteiger partial charge in [-0.1, -0.05) is 13.3 Å². The predicted octanol–water partition coefficient (Wildman–Crippen LogP) is 2.01. The first-order valence-corrected chi connectivity index (χ1v) is 4.21. The molecule has 0 amide bonds. The van der Waals surface area contributed by atoms with Crippen molar-refractivity contribution < 1.29 is 4.79 Å². The van der Waals surface area contributed by atoms with Gasteiger partial charge in [0.25, 0.3) is 0 Å². The number of hydrogen-bond acceptors (Lipinski definition) is 1. The van der Waals surface area contributed by atoms with Gasteiger partial charge in [0.15, 0.2) is 0 Å². The predicted molar refractivity (Wildman–Crippen MR) is 39.6 cm³/mol. The maximum Gasteiger partial charge on any atom is 0.126 e. The molecule has 2 fully saturated rings. The van der Waals surface area contributed by atoms with Crippen molar-refractivity contribution in [2.75, 3.05) is 0 Å². The Hall–Kier alpha value is -0.330. The summed E-state index contributed by atoms with van der Waals surface area (Å²) in [6, 6.07) is 0. The molecule has 2 rings (SSSR count). The van der Waals surface area contributed by atoms with Crippen LogP contribution in [0.2, 0.25) is 0 Å². The lowest BCUT2D eigenvalue weighted by Crippen LogP contribution is -2.25. The SMILES string of the molecule is C[C@]1(C=O)C[C@H]2CC[C@@H]1C2. The van der Waals surface area contributed by atoms with Gasteiger partial charge in [-0.15, -0.1) is 0 Å². The Balaban J connectivity index is 2.21. The van der Waals surface area contributed by atoms with Crippen LogP contribution in [0.1, 0.15) is 32.6 Å². The highest BCUT2D eigenvalue weighted by molar-refractivity contribution is 5.60. The van der Waals surface area contributed by atoms with Crippen LogP contribution >= 0.6 is 0 Å². The Morgan fingerprint density at radius 3 is 2.60 bits per heavy atom. The fourth-order valence-corrected chi connectivity index (χ4v) is 2.79. The van der Waals surface area contributed by atoms with Crippen molar-refractivity contribution >= 4 is 6.29 Å². The third kappa shape index (κ3) is 0.664. The Bertz CT molecular complexity index is 164. The monoisotopic (exact) mass is 138 g/mol. The van der Waals surface area contributed by atoms with Crippen LogP contribution in [0.4, 0.5) is 0 Å². The molecule has 0 aliphatic heterocycles. The number of fused-ring (bicyclic) bond motifs is 2. The molecule has 0 saturated heterocycles. The van der Waals surface area contributed by atoms with E-state index in [4.69, 9.17) is 0 Å². The maximum atomic E-state index is 10.7. The van der Waals surface area contributed by atoms with E-state index in [1.54, 1.807) is 0 Å². The van der Waals surface area contributed by atoms with E-state index >= 15 is 0 Å². The van der Waals surface area contributed by atoms with E-state index in [0.29, 0.717) is 0 Å². The Labute approximate surface area is 61.8 Å². The summed E-state index contributed by atoms with van der Waals surface area (Å²) in [6.07, 6.45) is 6.38. The second kappa shape index (κ2) is 1.84. The summed E-state index contributed by atoms with van der Waals surface area (Å²) in [6.45, 7) is 2.13. The van der Waals surface area contributed by atoms with E-state index in [0.717, 1.165) is 11.8 Å². The van der Waals surface area contributed by atoms with Gasteiger partial charge in [0.05, 0.1) is 0 Å². The average molecular weight is 138 g/mol. The number of aldehydes is 1. The molecule has 0 radical (unpaired) electrons. The molecular weight excluding hydrogens is 124 g/mol. The molecule has 0 aromatic rings. The molecule has 0 aromatic heterocycles. The van der Waals surface area contributed by atoms with Crippen molar-refractivity contribution in [3.63, 3.8) is 0 Å². The van der Waals surface area contributed by atoms with Crippen LogP contribution in [-0.2, 0) is 4.79 Å². The highest BCUT2D eigenvalue weighted by atomic mass is 16.1. The Morgan fingerprint density at radius 2 is 2.30 bits per heavy atom. The van der Waals surface area contributed by atoms with Gasteiger partial charge in [-0.05, 0) is 31.1 Å². The minimum atomic E-state index is 0.0723. The Morgan fingerprint density at radius 1 is 1.50 bits per heavy atom. The zero-order chi connectivity index (χ0) is 7.19. The van der Waals surface area contributed by atoms with Crippen LogP contribution in [0.25, 0.3) is 0 Å². The van der Waals surface area contributed by atoms with Crippen LogP contribution in [0, 0.1) is 17.3 Å². The number of rotatable bonds is 1.